The summed E-state index contributed by atoms with van der Waals surface area (Å²) in [5, 5.41) is 6.00. The summed E-state index contributed by atoms with van der Waals surface area (Å²) in [6.45, 7) is 2.15. The second-order valence-corrected chi connectivity index (χ2v) is 10.6. The van der Waals surface area contributed by atoms with E-state index in [1.54, 1.807) is 6.92 Å². The van der Waals surface area contributed by atoms with E-state index in [1.165, 1.54) is 19.5 Å². The largest absolute Gasteiger partial charge is 0.493 e. The lowest BCUT2D eigenvalue weighted by atomic mass is 9.91. The number of carbonyl (C=O) groups is 2. The van der Waals surface area contributed by atoms with Gasteiger partial charge >= 0.3 is 6.18 Å². The molecule has 0 aliphatic heterocycles. The van der Waals surface area contributed by atoms with Gasteiger partial charge in [0.15, 0.2) is 0 Å². The average molecular weight is 560 g/mol. The van der Waals surface area contributed by atoms with Crippen LogP contribution in [-0.4, -0.2) is 59.2 Å². The lowest BCUT2D eigenvalue weighted by molar-refractivity contribution is -0.137. The van der Waals surface area contributed by atoms with Crippen LogP contribution >= 0.6 is 0 Å². The third kappa shape index (κ3) is 6.22. The van der Waals surface area contributed by atoms with Gasteiger partial charge in [0, 0.05) is 30.5 Å². The van der Waals surface area contributed by atoms with Crippen molar-refractivity contribution >= 4 is 22.8 Å². The smallest absolute Gasteiger partial charge is 0.416 e. The lowest BCUT2D eigenvalue weighted by Crippen LogP contribution is -2.44. The number of carbonyl (C=O) groups excluding carboxylic acids is 2. The molecule has 2 aliphatic carbocycles. The zero-order chi connectivity index (χ0) is 28.4. The van der Waals surface area contributed by atoms with Gasteiger partial charge in [0.2, 0.25) is 5.91 Å². The van der Waals surface area contributed by atoms with Crippen molar-refractivity contribution in [1.29, 1.82) is 0 Å². The van der Waals surface area contributed by atoms with Crippen molar-refractivity contribution < 1.29 is 32.2 Å². The van der Waals surface area contributed by atoms with Gasteiger partial charge in [-0.3, -0.25) is 9.59 Å². The van der Waals surface area contributed by atoms with Gasteiger partial charge in [0.05, 0.1) is 23.3 Å². The standard InChI is InChI=1S/C28H32F3N5O4/c1-15-23(27(38)36-19-8-6-18(7-9-19)35-22(37)13-39-2)25-26(34-15)24(32-14-33-25)20-11-17(28(29,30)31)5-10-21(20)40-12-16-3-4-16/h5,10-11,14,16,18-19,34H,3-4,6-9,12-13H2,1-2H3,(H,35,37)(H,36,38). The quantitative estimate of drug-likeness (QED) is 0.354. The van der Waals surface area contributed by atoms with Crippen LogP contribution in [0.2, 0.25) is 0 Å². The van der Waals surface area contributed by atoms with E-state index < -0.39 is 11.7 Å². The summed E-state index contributed by atoms with van der Waals surface area (Å²) >= 11 is 0. The van der Waals surface area contributed by atoms with Crippen LogP contribution < -0.4 is 15.4 Å². The minimum Gasteiger partial charge on any atom is -0.493 e. The molecule has 214 valence electrons. The first-order chi connectivity index (χ1) is 19.1. The molecule has 0 radical (unpaired) electrons. The number of hydrogen-bond donors (Lipinski definition) is 3. The van der Waals surface area contributed by atoms with Crippen LogP contribution in [0.4, 0.5) is 13.2 Å². The van der Waals surface area contributed by atoms with Gasteiger partial charge in [0.1, 0.15) is 29.9 Å². The number of amides is 2. The number of hydrogen-bond acceptors (Lipinski definition) is 6. The summed E-state index contributed by atoms with van der Waals surface area (Å²) in [6.07, 6.45) is 1.60. The van der Waals surface area contributed by atoms with Gasteiger partial charge in [-0.05, 0) is 69.6 Å². The monoisotopic (exact) mass is 559 g/mol. The molecule has 2 aromatic heterocycles. The highest BCUT2D eigenvalue weighted by atomic mass is 19.4. The van der Waals surface area contributed by atoms with Crippen LogP contribution in [0.25, 0.3) is 22.3 Å². The summed E-state index contributed by atoms with van der Waals surface area (Å²) in [5.41, 5.74) is 1.14. The number of rotatable bonds is 9. The number of ether oxygens (including phenoxy) is 2. The molecule has 2 amide bonds. The number of methoxy groups -OCH3 is 1. The van der Waals surface area contributed by atoms with Crippen LogP contribution in [0.1, 0.15) is 60.1 Å². The SMILES string of the molecule is COCC(=O)NC1CCC(NC(=O)c2c(C)[nH]c3c(-c4cc(C(F)(F)F)ccc4OCC4CC4)ncnc23)CC1. The van der Waals surface area contributed by atoms with Gasteiger partial charge < -0.3 is 25.1 Å². The number of H-pyrrole nitrogens is 1. The number of nitrogens with one attached hydrogen (secondary N) is 3. The van der Waals surface area contributed by atoms with Gasteiger partial charge in [-0.25, -0.2) is 9.97 Å². The maximum atomic E-state index is 13.6. The Morgan fingerprint density at radius 1 is 1.05 bits per heavy atom. The number of nitrogens with zero attached hydrogens (tertiary/aromatic N) is 2. The summed E-state index contributed by atoms with van der Waals surface area (Å²) in [4.78, 5) is 36.9. The highest BCUT2D eigenvalue weighted by molar-refractivity contribution is 6.09. The molecule has 5 rings (SSSR count). The Morgan fingerprint density at radius 3 is 2.40 bits per heavy atom. The van der Waals surface area contributed by atoms with E-state index in [0.29, 0.717) is 53.4 Å². The Balaban J connectivity index is 1.39. The second-order valence-electron chi connectivity index (χ2n) is 10.6. The molecule has 2 heterocycles. The zero-order valence-electron chi connectivity index (χ0n) is 22.4. The number of benzene rings is 1. The highest BCUT2D eigenvalue weighted by Crippen LogP contribution is 2.40. The Bertz CT molecular complexity index is 1390. The molecule has 2 saturated carbocycles. The second kappa shape index (κ2) is 11.4. The van der Waals surface area contributed by atoms with Crippen LogP contribution in [0.15, 0.2) is 24.5 Å². The molecule has 3 aromatic rings. The van der Waals surface area contributed by atoms with Crippen molar-refractivity contribution in [3.63, 3.8) is 0 Å². The number of aromatic nitrogens is 3. The maximum Gasteiger partial charge on any atom is 0.416 e. The van der Waals surface area contributed by atoms with E-state index in [0.717, 1.165) is 37.8 Å². The minimum atomic E-state index is -4.54. The molecule has 0 bridgehead atoms. The fourth-order valence-corrected chi connectivity index (χ4v) is 5.15. The fourth-order valence-electron chi connectivity index (χ4n) is 5.15. The number of fused-ring (bicyclic) bond motifs is 1. The van der Waals surface area contributed by atoms with Gasteiger partial charge in [-0.2, -0.15) is 13.2 Å². The molecule has 2 aliphatic rings. The predicted octanol–water partition coefficient (Wildman–Crippen LogP) is 4.54. The van der Waals surface area contributed by atoms with Crippen LogP contribution in [0.3, 0.4) is 0 Å². The van der Waals surface area contributed by atoms with Crippen LogP contribution in [-0.2, 0) is 15.7 Å². The van der Waals surface area contributed by atoms with Gasteiger partial charge in [-0.15, -0.1) is 0 Å². The lowest BCUT2D eigenvalue weighted by Gasteiger charge is -2.29. The van der Waals surface area contributed by atoms with Crippen molar-refractivity contribution in [2.75, 3.05) is 20.3 Å². The molecule has 40 heavy (non-hydrogen) atoms. The molecule has 12 heteroatoms. The topological polar surface area (TPSA) is 118 Å². The van der Waals surface area contributed by atoms with E-state index in [9.17, 15) is 22.8 Å². The highest BCUT2D eigenvalue weighted by Gasteiger charge is 2.33. The van der Waals surface area contributed by atoms with Crippen molar-refractivity contribution in [3.8, 4) is 17.0 Å². The molecule has 0 atom stereocenters. The molecule has 0 spiro atoms. The average Bonchev–Trinajstić information content (AvgIpc) is 3.67. The molecule has 1 aromatic carbocycles. The normalized spacial score (nSPS) is 19.4. The first-order valence-electron chi connectivity index (χ1n) is 13.4. The first kappa shape index (κ1) is 27.9. The summed E-state index contributed by atoms with van der Waals surface area (Å²) in [7, 11) is 1.47. The van der Waals surface area contributed by atoms with E-state index in [2.05, 4.69) is 25.6 Å². The number of aryl methyl sites for hydroxylation is 1. The van der Waals surface area contributed by atoms with Crippen molar-refractivity contribution in [2.45, 2.75) is 63.7 Å². The minimum absolute atomic E-state index is 0.00892. The molecular formula is C28H32F3N5O4. The Kier molecular flexibility index (Phi) is 7.97. The summed E-state index contributed by atoms with van der Waals surface area (Å²) in [5.74, 6) is 0.212. The predicted molar refractivity (Wildman–Crippen MR) is 141 cm³/mol. The molecule has 2 fully saturated rings. The van der Waals surface area contributed by atoms with E-state index in [-0.39, 0.29) is 41.8 Å². The zero-order valence-corrected chi connectivity index (χ0v) is 22.4. The van der Waals surface area contributed by atoms with E-state index in [4.69, 9.17) is 9.47 Å². The van der Waals surface area contributed by atoms with Crippen LogP contribution in [0, 0.1) is 12.8 Å². The summed E-state index contributed by atoms with van der Waals surface area (Å²) in [6, 6.07) is 3.31. The van der Waals surface area contributed by atoms with Crippen molar-refractivity contribution in [1.82, 2.24) is 25.6 Å². The molecule has 0 saturated heterocycles. The molecular weight excluding hydrogens is 527 g/mol. The fraction of sp³-hybridized carbons (Fsp3) is 0.500. The van der Waals surface area contributed by atoms with Gasteiger partial charge in [-0.1, -0.05) is 0 Å². The molecule has 0 unspecified atom stereocenters. The van der Waals surface area contributed by atoms with Crippen molar-refractivity contribution in [3.05, 3.63) is 41.3 Å². The van der Waals surface area contributed by atoms with E-state index >= 15 is 0 Å². The van der Waals surface area contributed by atoms with Crippen LogP contribution in [0.5, 0.6) is 5.75 Å². The first-order valence-corrected chi connectivity index (χ1v) is 13.4. The third-order valence-corrected chi connectivity index (χ3v) is 7.44. The summed E-state index contributed by atoms with van der Waals surface area (Å²) < 4.78 is 51.6. The number of aromatic amines is 1. The Morgan fingerprint density at radius 2 is 1.75 bits per heavy atom. The maximum absolute atomic E-state index is 13.6. The third-order valence-electron chi connectivity index (χ3n) is 7.44. The number of alkyl halides is 3. The van der Waals surface area contributed by atoms with E-state index in [1.807, 2.05) is 0 Å². The molecule has 3 N–H and O–H groups in total. The van der Waals surface area contributed by atoms with Crippen molar-refractivity contribution in [2.24, 2.45) is 5.92 Å². The Hall–Kier alpha value is -3.67. The Labute approximate surface area is 229 Å². The number of halogens is 3. The van der Waals surface area contributed by atoms with Gasteiger partial charge in [0.25, 0.3) is 5.91 Å². The molecule has 9 nitrogen and oxygen atoms in total.